The Morgan fingerprint density at radius 2 is 2.21 bits per heavy atom. The molecule has 2 heterocycles. The number of rotatable bonds is 3. The van der Waals surface area contributed by atoms with E-state index in [-0.39, 0.29) is 30.0 Å². The van der Waals surface area contributed by atoms with Gasteiger partial charge in [0.1, 0.15) is 5.75 Å². The van der Waals surface area contributed by atoms with Crippen molar-refractivity contribution in [1.82, 2.24) is 0 Å². The van der Waals surface area contributed by atoms with Crippen molar-refractivity contribution < 1.29 is 37.1 Å². The second-order valence-electron chi connectivity index (χ2n) is 5.06. The SMILES string of the molecule is CCOC(=O)C1=NOC2(C1)C(=O)Nc1ccc(OC(F)(F)F)cc12. The van der Waals surface area contributed by atoms with Gasteiger partial charge < -0.3 is 19.6 Å². The number of nitrogens with zero attached hydrogens (tertiary/aromatic N) is 1. The second kappa shape index (κ2) is 5.39. The molecule has 24 heavy (non-hydrogen) atoms. The quantitative estimate of drug-likeness (QED) is 0.849. The lowest BCUT2D eigenvalue weighted by Gasteiger charge is -2.19. The average molecular weight is 344 g/mol. The van der Waals surface area contributed by atoms with Gasteiger partial charge in [-0.1, -0.05) is 5.16 Å². The minimum absolute atomic E-state index is 0.108. The van der Waals surface area contributed by atoms with Crippen LogP contribution in [0.4, 0.5) is 18.9 Å². The lowest BCUT2D eigenvalue weighted by molar-refractivity contribution is -0.274. The van der Waals surface area contributed by atoms with Gasteiger partial charge in [-0.25, -0.2) is 4.79 Å². The van der Waals surface area contributed by atoms with E-state index in [1.54, 1.807) is 6.92 Å². The predicted octanol–water partition coefficient (Wildman–Crippen LogP) is 2.07. The zero-order chi connectivity index (χ0) is 17.5. The van der Waals surface area contributed by atoms with Crippen LogP contribution >= 0.6 is 0 Å². The first-order valence-electron chi connectivity index (χ1n) is 6.89. The molecule has 3 rings (SSSR count). The number of ether oxygens (including phenoxy) is 2. The minimum atomic E-state index is -4.87. The Bertz CT molecular complexity index is 746. The molecule has 0 saturated heterocycles. The van der Waals surface area contributed by atoms with E-state index in [9.17, 15) is 22.8 Å². The summed E-state index contributed by atoms with van der Waals surface area (Å²) >= 11 is 0. The number of esters is 1. The van der Waals surface area contributed by atoms with Crippen molar-refractivity contribution >= 4 is 23.3 Å². The number of nitrogens with one attached hydrogen (secondary N) is 1. The van der Waals surface area contributed by atoms with Gasteiger partial charge in [-0.05, 0) is 25.1 Å². The van der Waals surface area contributed by atoms with Gasteiger partial charge in [0.15, 0.2) is 5.71 Å². The summed E-state index contributed by atoms with van der Waals surface area (Å²) in [5.41, 5.74) is -1.46. The average Bonchev–Trinajstić information content (AvgIpc) is 3.03. The molecule has 10 heteroatoms. The van der Waals surface area contributed by atoms with E-state index in [2.05, 4.69) is 15.2 Å². The first kappa shape index (κ1) is 16.1. The lowest BCUT2D eigenvalue weighted by Crippen LogP contribution is -2.35. The van der Waals surface area contributed by atoms with Gasteiger partial charge in [0.2, 0.25) is 5.60 Å². The second-order valence-corrected chi connectivity index (χ2v) is 5.06. The fraction of sp³-hybridized carbons (Fsp3) is 0.357. The highest BCUT2D eigenvalue weighted by Gasteiger charge is 2.55. The summed E-state index contributed by atoms with van der Waals surface area (Å²) < 4.78 is 45.8. The fourth-order valence-electron chi connectivity index (χ4n) is 2.53. The summed E-state index contributed by atoms with van der Waals surface area (Å²) in [4.78, 5) is 29.1. The van der Waals surface area contributed by atoms with Gasteiger partial charge in [0, 0.05) is 11.3 Å². The molecule has 1 atom stereocenters. The van der Waals surface area contributed by atoms with E-state index in [4.69, 9.17) is 9.57 Å². The molecule has 1 aromatic carbocycles. The molecule has 0 aromatic heterocycles. The first-order chi connectivity index (χ1) is 11.2. The molecule has 128 valence electrons. The maximum atomic E-state index is 12.4. The Labute approximate surface area is 133 Å². The third-order valence-corrected chi connectivity index (χ3v) is 3.51. The van der Waals surface area contributed by atoms with Crippen LogP contribution in [0.2, 0.25) is 0 Å². The number of fused-ring (bicyclic) bond motifs is 2. The number of carbonyl (C=O) groups is 2. The molecule has 0 bridgehead atoms. The van der Waals surface area contributed by atoms with Crippen LogP contribution in [-0.2, 0) is 24.8 Å². The molecule has 2 aliphatic heterocycles. The normalized spacial score (nSPS) is 21.8. The summed E-state index contributed by atoms with van der Waals surface area (Å²) in [5, 5.41) is 6.05. The molecule has 1 amide bonds. The Hall–Kier alpha value is -2.78. The molecule has 0 radical (unpaired) electrons. The van der Waals surface area contributed by atoms with Gasteiger partial charge in [-0.3, -0.25) is 4.79 Å². The number of halogens is 3. The monoisotopic (exact) mass is 344 g/mol. The van der Waals surface area contributed by atoms with E-state index in [1.165, 1.54) is 6.07 Å². The molecule has 1 aromatic rings. The van der Waals surface area contributed by atoms with Gasteiger partial charge in [-0.2, -0.15) is 0 Å². The van der Waals surface area contributed by atoms with Crippen LogP contribution in [0.3, 0.4) is 0 Å². The standard InChI is InChI=1S/C14H11F3N2O5/c1-2-22-11(20)10-6-13(24-19-10)8-5-7(23-14(15,16)17)3-4-9(8)18-12(13)21/h3-5H,2,6H2,1H3,(H,18,21). The van der Waals surface area contributed by atoms with Crippen LogP contribution in [0, 0.1) is 0 Å². The third kappa shape index (κ3) is 2.63. The molecule has 7 nitrogen and oxygen atoms in total. The van der Waals surface area contributed by atoms with Crippen molar-refractivity contribution in [3.05, 3.63) is 23.8 Å². The molecule has 2 aliphatic rings. The zero-order valence-electron chi connectivity index (χ0n) is 12.3. The summed E-state index contributed by atoms with van der Waals surface area (Å²) in [5.74, 6) is -1.90. The van der Waals surface area contributed by atoms with Crippen molar-refractivity contribution in [3.8, 4) is 5.75 Å². The molecule has 1 N–H and O–H groups in total. The van der Waals surface area contributed by atoms with E-state index in [0.29, 0.717) is 0 Å². The number of hydrogen-bond acceptors (Lipinski definition) is 6. The van der Waals surface area contributed by atoms with Crippen LogP contribution in [0.15, 0.2) is 23.4 Å². The topological polar surface area (TPSA) is 86.2 Å². The third-order valence-electron chi connectivity index (χ3n) is 3.51. The van der Waals surface area contributed by atoms with Crippen molar-refractivity contribution in [1.29, 1.82) is 0 Å². The number of anilines is 1. The lowest BCUT2D eigenvalue weighted by atomic mass is 9.90. The van der Waals surface area contributed by atoms with E-state index in [1.807, 2.05) is 0 Å². The van der Waals surface area contributed by atoms with Crippen molar-refractivity contribution in [2.45, 2.75) is 25.3 Å². The number of carbonyl (C=O) groups excluding carboxylic acids is 2. The van der Waals surface area contributed by atoms with E-state index in [0.717, 1.165) is 12.1 Å². The molecule has 0 fully saturated rings. The minimum Gasteiger partial charge on any atom is -0.461 e. The number of benzene rings is 1. The van der Waals surface area contributed by atoms with Crippen LogP contribution in [-0.4, -0.2) is 30.6 Å². The molecular formula is C14H11F3N2O5. The van der Waals surface area contributed by atoms with Gasteiger partial charge >= 0.3 is 12.3 Å². The molecule has 1 unspecified atom stereocenters. The van der Waals surface area contributed by atoms with Gasteiger partial charge in [-0.15, -0.1) is 13.2 Å². The number of hydrogen-bond donors (Lipinski definition) is 1. The van der Waals surface area contributed by atoms with Crippen LogP contribution < -0.4 is 10.1 Å². The maximum Gasteiger partial charge on any atom is 0.573 e. The van der Waals surface area contributed by atoms with Crippen LogP contribution in [0.5, 0.6) is 5.75 Å². The number of amides is 1. The van der Waals surface area contributed by atoms with Gasteiger partial charge in [0.25, 0.3) is 5.91 Å². The Morgan fingerprint density at radius 1 is 1.46 bits per heavy atom. The number of alkyl halides is 3. The van der Waals surface area contributed by atoms with Crippen LogP contribution in [0.25, 0.3) is 0 Å². The highest BCUT2D eigenvalue weighted by molar-refractivity contribution is 6.37. The summed E-state index contributed by atoms with van der Waals surface area (Å²) in [7, 11) is 0. The summed E-state index contributed by atoms with van der Waals surface area (Å²) in [6.07, 6.45) is -5.12. The van der Waals surface area contributed by atoms with E-state index >= 15 is 0 Å². The Balaban J connectivity index is 1.92. The fourth-order valence-corrected chi connectivity index (χ4v) is 2.53. The predicted molar refractivity (Wildman–Crippen MR) is 73.2 cm³/mol. The van der Waals surface area contributed by atoms with Crippen molar-refractivity contribution in [2.75, 3.05) is 11.9 Å². The van der Waals surface area contributed by atoms with E-state index < -0.39 is 29.6 Å². The molecule has 0 aliphatic carbocycles. The van der Waals surface area contributed by atoms with Crippen molar-refractivity contribution in [3.63, 3.8) is 0 Å². The highest BCUT2D eigenvalue weighted by atomic mass is 19.4. The Kier molecular flexibility index (Phi) is 3.61. The summed E-state index contributed by atoms with van der Waals surface area (Å²) in [6.45, 7) is 1.71. The highest BCUT2D eigenvalue weighted by Crippen LogP contribution is 2.46. The number of oxime groups is 1. The Morgan fingerprint density at radius 3 is 2.88 bits per heavy atom. The largest absolute Gasteiger partial charge is 0.573 e. The van der Waals surface area contributed by atoms with Gasteiger partial charge in [0.05, 0.1) is 13.0 Å². The zero-order valence-corrected chi connectivity index (χ0v) is 12.3. The summed E-state index contributed by atoms with van der Waals surface area (Å²) in [6, 6.07) is 3.35. The molecule has 1 spiro atoms. The van der Waals surface area contributed by atoms with Crippen LogP contribution in [0.1, 0.15) is 18.9 Å². The first-order valence-corrected chi connectivity index (χ1v) is 6.89. The smallest absolute Gasteiger partial charge is 0.461 e. The molecule has 0 saturated carbocycles. The molecular weight excluding hydrogens is 333 g/mol. The maximum absolute atomic E-state index is 12.4. The van der Waals surface area contributed by atoms with Crippen molar-refractivity contribution in [2.24, 2.45) is 5.16 Å².